The van der Waals surface area contributed by atoms with Crippen molar-refractivity contribution in [2.75, 3.05) is 25.6 Å². The number of hydrogen-bond donors (Lipinski definition) is 2. The fourth-order valence-corrected chi connectivity index (χ4v) is 2.84. The highest BCUT2D eigenvalue weighted by atomic mass is 32.2. The maximum Gasteiger partial charge on any atom is 0.317 e. The van der Waals surface area contributed by atoms with Gasteiger partial charge in [0.15, 0.2) is 0 Å². The summed E-state index contributed by atoms with van der Waals surface area (Å²) in [6.45, 7) is 0.125. The molecule has 2 unspecified atom stereocenters. The second-order valence-corrected chi connectivity index (χ2v) is 7.66. The zero-order valence-corrected chi connectivity index (χ0v) is 12.6. The lowest BCUT2D eigenvalue weighted by molar-refractivity contribution is -0.143. The maximum atomic E-state index is 11.9. The molecule has 2 N–H and O–H groups in total. The van der Waals surface area contributed by atoms with Gasteiger partial charge in [-0.15, -0.1) is 0 Å². The second-order valence-electron chi connectivity index (χ2n) is 5.40. The Kier molecular flexibility index (Phi) is 5.79. The third-order valence-electron chi connectivity index (χ3n) is 3.50. The summed E-state index contributed by atoms with van der Waals surface area (Å²) in [7, 11) is -1.58. The molecular weight excluding hydrogens is 284 g/mol. The Morgan fingerprint density at radius 3 is 2.55 bits per heavy atom. The summed E-state index contributed by atoms with van der Waals surface area (Å²) in [5.74, 6) is -1.32. The van der Waals surface area contributed by atoms with Crippen LogP contribution in [-0.4, -0.2) is 62.1 Å². The molecule has 116 valence electrons. The molecule has 1 rings (SSSR count). The van der Waals surface area contributed by atoms with Gasteiger partial charge >= 0.3 is 12.0 Å². The van der Waals surface area contributed by atoms with E-state index in [9.17, 15) is 18.0 Å². The van der Waals surface area contributed by atoms with Crippen LogP contribution in [0.4, 0.5) is 4.79 Å². The van der Waals surface area contributed by atoms with Crippen molar-refractivity contribution in [2.24, 2.45) is 5.92 Å². The Bertz CT molecular complexity index is 462. The predicted octanol–water partition coefficient (Wildman–Crippen LogP) is 0.316. The molecule has 0 saturated heterocycles. The van der Waals surface area contributed by atoms with Gasteiger partial charge in [-0.05, 0) is 19.3 Å². The van der Waals surface area contributed by atoms with Gasteiger partial charge < -0.3 is 15.3 Å². The van der Waals surface area contributed by atoms with E-state index in [1.807, 2.05) is 0 Å². The second kappa shape index (κ2) is 6.92. The van der Waals surface area contributed by atoms with E-state index < -0.39 is 21.7 Å². The first-order valence-corrected chi connectivity index (χ1v) is 8.67. The van der Waals surface area contributed by atoms with E-state index in [4.69, 9.17) is 5.11 Å². The van der Waals surface area contributed by atoms with Crippen LogP contribution in [0.3, 0.4) is 0 Å². The predicted molar refractivity (Wildman–Crippen MR) is 74.3 cm³/mol. The molecule has 0 aromatic carbocycles. The normalized spacial score (nSPS) is 23.1. The van der Waals surface area contributed by atoms with Crippen molar-refractivity contribution < 1.29 is 23.1 Å². The zero-order valence-electron chi connectivity index (χ0n) is 11.8. The molecule has 8 heteroatoms. The quantitative estimate of drug-likeness (QED) is 0.761. The van der Waals surface area contributed by atoms with Crippen LogP contribution in [0.5, 0.6) is 0 Å². The van der Waals surface area contributed by atoms with Crippen LogP contribution in [0.15, 0.2) is 0 Å². The molecule has 7 nitrogen and oxygen atoms in total. The van der Waals surface area contributed by atoms with Gasteiger partial charge in [0.2, 0.25) is 0 Å². The summed E-state index contributed by atoms with van der Waals surface area (Å²) in [6, 6.07) is -0.511. The number of aliphatic carboxylic acids is 1. The fourth-order valence-electron chi connectivity index (χ4n) is 2.23. The summed E-state index contributed by atoms with van der Waals surface area (Å²) in [4.78, 5) is 24.1. The molecule has 2 amide bonds. The van der Waals surface area contributed by atoms with E-state index in [-0.39, 0.29) is 24.4 Å². The van der Waals surface area contributed by atoms with Crippen LogP contribution < -0.4 is 5.32 Å². The first-order valence-electron chi connectivity index (χ1n) is 6.61. The SMILES string of the molecule is CN(CCS(C)(=O)=O)C(=O)NC1CCCC(C(=O)O)C1. The van der Waals surface area contributed by atoms with Gasteiger partial charge in [-0.2, -0.15) is 0 Å². The molecule has 1 aliphatic carbocycles. The van der Waals surface area contributed by atoms with Crippen molar-refractivity contribution in [3.8, 4) is 0 Å². The van der Waals surface area contributed by atoms with Gasteiger partial charge in [-0.25, -0.2) is 13.2 Å². The minimum absolute atomic E-state index is 0.0840. The van der Waals surface area contributed by atoms with Crippen LogP contribution >= 0.6 is 0 Å². The Balaban J connectivity index is 2.43. The zero-order chi connectivity index (χ0) is 15.3. The number of sulfone groups is 1. The molecule has 1 aliphatic rings. The molecular formula is C12H22N2O5S. The number of carboxylic acid groups (broad SMARTS) is 1. The highest BCUT2D eigenvalue weighted by molar-refractivity contribution is 7.90. The number of hydrogen-bond acceptors (Lipinski definition) is 4. The topological polar surface area (TPSA) is 104 Å². The minimum atomic E-state index is -3.11. The fraction of sp³-hybridized carbons (Fsp3) is 0.833. The third-order valence-corrected chi connectivity index (χ3v) is 4.42. The monoisotopic (exact) mass is 306 g/mol. The van der Waals surface area contributed by atoms with Crippen molar-refractivity contribution in [1.82, 2.24) is 10.2 Å². The number of urea groups is 1. The third kappa shape index (κ3) is 5.77. The van der Waals surface area contributed by atoms with E-state index >= 15 is 0 Å². The van der Waals surface area contributed by atoms with Crippen molar-refractivity contribution in [1.29, 1.82) is 0 Å². The molecule has 2 atom stereocenters. The summed E-state index contributed by atoms with van der Waals surface area (Å²) in [6.07, 6.45) is 3.73. The summed E-state index contributed by atoms with van der Waals surface area (Å²) in [5, 5.41) is 11.8. The number of amides is 2. The largest absolute Gasteiger partial charge is 0.481 e. The van der Waals surface area contributed by atoms with E-state index in [1.54, 1.807) is 0 Å². The Labute approximate surface area is 119 Å². The standard InChI is InChI=1S/C12H22N2O5S/c1-14(6-7-20(2,18)19)12(17)13-10-5-3-4-9(8-10)11(15)16/h9-10H,3-8H2,1-2H3,(H,13,17)(H,15,16). The van der Waals surface area contributed by atoms with E-state index in [2.05, 4.69) is 5.32 Å². The number of rotatable bonds is 5. The van der Waals surface area contributed by atoms with Gasteiger partial charge in [-0.1, -0.05) is 6.42 Å². The molecule has 0 aliphatic heterocycles. The van der Waals surface area contributed by atoms with Crippen LogP contribution in [0, 0.1) is 5.92 Å². The lowest BCUT2D eigenvalue weighted by Crippen LogP contribution is -2.46. The Hall–Kier alpha value is -1.31. The molecule has 1 saturated carbocycles. The van der Waals surface area contributed by atoms with Gasteiger partial charge in [0, 0.05) is 25.9 Å². The number of carbonyl (C=O) groups excluding carboxylic acids is 1. The number of carbonyl (C=O) groups is 2. The van der Waals surface area contributed by atoms with E-state index in [0.717, 1.165) is 19.1 Å². The first-order chi connectivity index (χ1) is 9.19. The average molecular weight is 306 g/mol. The molecule has 20 heavy (non-hydrogen) atoms. The van der Waals surface area contributed by atoms with Gasteiger partial charge in [0.1, 0.15) is 9.84 Å². The molecule has 0 aromatic heterocycles. The average Bonchev–Trinajstić information content (AvgIpc) is 2.35. The van der Waals surface area contributed by atoms with E-state index in [0.29, 0.717) is 12.8 Å². The minimum Gasteiger partial charge on any atom is -0.481 e. The van der Waals surface area contributed by atoms with Gasteiger partial charge in [0.25, 0.3) is 0 Å². The highest BCUT2D eigenvalue weighted by Gasteiger charge is 2.28. The number of nitrogens with one attached hydrogen (secondary N) is 1. The van der Waals surface area contributed by atoms with Crippen molar-refractivity contribution in [2.45, 2.75) is 31.7 Å². The maximum absolute atomic E-state index is 11.9. The Morgan fingerprint density at radius 1 is 1.35 bits per heavy atom. The van der Waals surface area contributed by atoms with Crippen LogP contribution in [-0.2, 0) is 14.6 Å². The van der Waals surface area contributed by atoms with Crippen molar-refractivity contribution in [3.05, 3.63) is 0 Å². The summed E-state index contributed by atoms with van der Waals surface area (Å²) >= 11 is 0. The molecule has 0 bridgehead atoms. The number of nitrogens with zero attached hydrogens (tertiary/aromatic N) is 1. The van der Waals surface area contributed by atoms with Crippen LogP contribution in [0.2, 0.25) is 0 Å². The molecule has 1 fully saturated rings. The van der Waals surface area contributed by atoms with Gasteiger partial charge in [-0.3, -0.25) is 4.79 Å². The Morgan fingerprint density at radius 2 is 2.00 bits per heavy atom. The molecule has 0 spiro atoms. The van der Waals surface area contributed by atoms with Crippen molar-refractivity contribution >= 4 is 21.8 Å². The van der Waals surface area contributed by atoms with Crippen molar-refractivity contribution in [3.63, 3.8) is 0 Å². The summed E-state index contributed by atoms with van der Waals surface area (Å²) in [5.41, 5.74) is 0. The number of carboxylic acids is 1. The van der Waals surface area contributed by atoms with E-state index in [1.165, 1.54) is 11.9 Å². The molecule has 0 aromatic rings. The smallest absolute Gasteiger partial charge is 0.317 e. The highest BCUT2D eigenvalue weighted by Crippen LogP contribution is 2.24. The first kappa shape index (κ1) is 16.7. The summed E-state index contributed by atoms with van der Waals surface area (Å²) < 4.78 is 22.1. The van der Waals surface area contributed by atoms with Crippen LogP contribution in [0.1, 0.15) is 25.7 Å². The molecule has 0 heterocycles. The lowest BCUT2D eigenvalue weighted by atomic mass is 9.86. The molecule has 0 radical (unpaired) electrons. The van der Waals surface area contributed by atoms with Crippen LogP contribution in [0.25, 0.3) is 0 Å². The lowest BCUT2D eigenvalue weighted by Gasteiger charge is -2.29. The van der Waals surface area contributed by atoms with Gasteiger partial charge in [0.05, 0.1) is 11.7 Å².